The Morgan fingerprint density at radius 2 is 2.00 bits per heavy atom. The van der Waals surface area contributed by atoms with Gasteiger partial charge in [-0.25, -0.2) is 0 Å². The normalized spacial score (nSPS) is 16.2. The van der Waals surface area contributed by atoms with Crippen molar-refractivity contribution in [2.75, 3.05) is 33.4 Å². The summed E-state index contributed by atoms with van der Waals surface area (Å²) in [7, 11) is 1.72. The Labute approximate surface area is 81.7 Å². The quantitative estimate of drug-likeness (QED) is 0.648. The van der Waals surface area contributed by atoms with Gasteiger partial charge in [0, 0.05) is 26.3 Å². The van der Waals surface area contributed by atoms with Crippen molar-refractivity contribution in [3.63, 3.8) is 0 Å². The van der Waals surface area contributed by atoms with Crippen molar-refractivity contribution in [1.29, 1.82) is 0 Å². The lowest BCUT2D eigenvalue weighted by molar-refractivity contribution is 0.0835. The first-order chi connectivity index (χ1) is 6.15. The van der Waals surface area contributed by atoms with E-state index in [-0.39, 0.29) is 6.61 Å². The maximum atomic E-state index is 8.93. The number of aliphatic hydroxyl groups excluding tert-OH is 1. The minimum atomic E-state index is 0.260. The molecule has 0 saturated heterocycles. The van der Waals surface area contributed by atoms with Gasteiger partial charge in [-0.15, -0.1) is 0 Å². The van der Waals surface area contributed by atoms with Gasteiger partial charge in [-0.3, -0.25) is 4.90 Å². The highest BCUT2D eigenvalue weighted by Gasteiger charge is 2.13. The van der Waals surface area contributed by atoms with Gasteiger partial charge in [-0.1, -0.05) is 13.8 Å². The summed E-state index contributed by atoms with van der Waals surface area (Å²) in [6, 6.07) is 0.434. The molecule has 0 aliphatic heterocycles. The number of nitrogens with zero attached hydrogens (tertiary/aromatic N) is 1. The molecule has 2 unspecified atom stereocenters. The van der Waals surface area contributed by atoms with E-state index in [0.29, 0.717) is 12.0 Å². The van der Waals surface area contributed by atoms with E-state index in [4.69, 9.17) is 9.84 Å². The first-order valence-corrected chi connectivity index (χ1v) is 4.99. The molecule has 0 bridgehead atoms. The van der Waals surface area contributed by atoms with Crippen LogP contribution in [0.15, 0.2) is 0 Å². The highest BCUT2D eigenvalue weighted by molar-refractivity contribution is 4.67. The molecular formula is C10H23NO2. The Kier molecular flexibility index (Phi) is 7.23. The fraction of sp³-hybridized carbons (Fsp3) is 1.00. The van der Waals surface area contributed by atoms with Crippen LogP contribution in [0.3, 0.4) is 0 Å². The lowest BCUT2D eigenvalue weighted by Crippen LogP contribution is -2.39. The lowest BCUT2D eigenvalue weighted by atomic mass is 10.1. The van der Waals surface area contributed by atoms with E-state index < -0.39 is 0 Å². The van der Waals surface area contributed by atoms with Crippen molar-refractivity contribution in [1.82, 2.24) is 4.90 Å². The monoisotopic (exact) mass is 189 g/mol. The molecule has 0 aromatic carbocycles. The first-order valence-electron chi connectivity index (χ1n) is 4.99. The van der Waals surface area contributed by atoms with Crippen LogP contribution < -0.4 is 0 Å². The third-order valence-corrected chi connectivity index (χ3v) is 2.30. The Morgan fingerprint density at radius 1 is 1.38 bits per heavy atom. The molecule has 0 aliphatic carbocycles. The van der Waals surface area contributed by atoms with Gasteiger partial charge in [0.25, 0.3) is 0 Å². The second kappa shape index (κ2) is 7.30. The summed E-state index contributed by atoms with van der Waals surface area (Å²) >= 11 is 0. The van der Waals surface area contributed by atoms with Crippen LogP contribution in [0.4, 0.5) is 0 Å². The zero-order valence-electron chi connectivity index (χ0n) is 9.29. The van der Waals surface area contributed by atoms with Gasteiger partial charge < -0.3 is 9.84 Å². The van der Waals surface area contributed by atoms with Crippen LogP contribution in [0.5, 0.6) is 0 Å². The van der Waals surface area contributed by atoms with Crippen LogP contribution in [0.2, 0.25) is 0 Å². The van der Waals surface area contributed by atoms with E-state index in [1.807, 2.05) is 0 Å². The van der Waals surface area contributed by atoms with Gasteiger partial charge in [-0.2, -0.15) is 0 Å². The average molecular weight is 189 g/mol. The number of methoxy groups -OCH3 is 1. The van der Waals surface area contributed by atoms with Gasteiger partial charge in [-0.05, 0) is 19.4 Å². The highest BCUT2D eigenvalue weighted by atomic mass is 16.5. The number of likely N-dealkylation sites (N-methyl/N-ethyl adjacent to an activating group) is 1. The molecule has 13 heavy (non-hydrogen) atoms. The Hall–Kier alpha value is -0.120. The largest absolute Gasteiger partial charge is 0.396 e. The van der Waals surface area contributed by atoms with Crippen LogP contribution in [0, 0.1) is 5.92 Å². The topological polar surface area (TPSA) is 32.7 Å². The van der Waals surface area contributed by atoms with Crippen molar-refractivity contribution in [2.45, 2.75) is 26.8 Å². The van der Waals surface area contributed by atoms with Crippen molar-refractivity contribution in [2.24, 2.45) is 5.92 Å². The van der Waals surface area contributed by atoms with Gasteiger partial charge >= 0.3 is 0 Å². The van der Waals surface area contributed by atoms with Crippen molar-refractivity contribution in [3.8, 4) is 0 Å². The first kappa shape index (κ1) is 12.9. The van der Waals surface area contributed by atoms with E-state index in [1.54, 1.807) is 7.11 Å². The minimum absolute atomic E-state index is 0.260. The fourth-order valence-electron chi connectivity index (χ4n) is 1.43. The maximum absolute atomic E-state index is 8.93. The van der Waals surface area contributed by atoms with Crippen LogP contribution in [0.25, 0.3) is 0 Å². The smallest absolute Gasteiger partial charge is 0.0615 e. The number of rotatable bonds is 7. The van der Waals surface area contributed by atoms with E-state index in [0.717, 1.165) is 19.7 Å². The molecule has 3 nitrogen and oxygen atoms in total. The third kappa shape index (κ3) is 5.24. The number of hydrogen-bond donors (Lipinski definition) is 1. The predicted molar refractivity (Wildman–Crippen MR) is 54.8 cm³/mol. The number of ether oxygens (including phenoxy) is 1. The molecule has 0 saturated carbocycles. The van der Waals surface area contributed by atoms with Crippen LogP contribution in [-0.4, -0.2) is 49.5 Å². The molecule has 0 heterocycles. The number of hydrogen-bond acceptors (Lipinski definition) is 3. The minimum Gasteiger partial charge on any atom is -0.396 e. The number of aliphatic hydroxyl groups is 1. The highest BCUT2D eigenvalue weighted by Crippen LogP contribution is 2.04. The second-order valence-electron chi connectivity index (χ2n) is 3.68. The summed E-state index contributed by atoms with van der Waals surface area (Å²) in [5.74, 6) is 0.347. The van der Waals surface area contributed by atoms with Gasteiger partial charge in [0.15, 0.2) is 0 Å². The molecule has 0 rings (SSSR count). The third-order valence-electron chi connectivity index (χ3n) is 2.30. The molecule has 3 heteroatoms. The summed E-state index contributed by atoms with van der Waals surface area (Å²) < 4.78 is 5.10. The molecule has 2 atom stereocenters. The zero-order chi connectivity index (χ0) is 10.3. The van der Waals surface area contributed by atoms with Crippen molar-refractivity contribution >= 4 is 0 Å². The summed E-state index contributed by atoms with van der Waals surface area (Å²) in [6.45, 7) is 9.31. The Morgan fingerprint density at radius 3 is 2.38 bits per heavy atom. The summed E-state index contributed by atoms with van der Waals surface area (Å²) in [4.78, 5) is 2.32. The molecule has 0 amide bonds. The van der Waals surface area contributed by atoms with E-state index >= 15 is 0 Å². The molecule has 0 aromatic heterocycles. The van der Waals surface area contributed by atoms with Gasteiger partial charge in [0.1, 0.15) is 0 Å². The molecule has 0 aliphatic rings. The molecule has 1 N–H and O–H groups in total. The molecular weight excluding hydrogens is 166 g/mol. The van der Waals surface area contributed by atoms with Crippen LogP contribution >= 0.6 is 0 Å². The van der Waals surface area contributed by atoms with E-state index in [9.17, 15) is 0 Å². The maximum Gasteiger partial charge on any atom is 0.0615 e. The van der Waals surface area contributed by atoms with Crippen LogP contribution in [-0.2, 0) is 4.74 Å². The molecule has 0 spiro atoms. The predicted octanol–water partition coefficient (Wildman–Crippen LogP) is 0.972. The molecule has 80 valence electrons. The lowest BCUT2D eigenvalue weighted by Gasteiger charge is -2.29. The van der Waals surface area contributed by atoms with Gasteiger partial charge in [0.05, 0.1) is 6.61 Å². The second-order valence-corrected chi connectivity index (χ2v) is 3.68. The fourth-order valence-corrected chi connectivity index (χ4v) is 1.43. The van der Waals surface area contributed by atoms with E-state index in [1.165, 1.54) is 0 Å². The van der Waals surface area contributed by atoms with Crippen molar-refractivity contribution in [3.05, 3.63) is 0 Å². The van der Waals surface area contributed by atoms with Crippen molar-refractivity contribution < 1.29 is 9.84 Å². The van der Waals surface area contributed by atoms with Gasteiger partial charge in [0.2, 0.25) is 0 Å². The Balaban J connectivity index is 3.86. The molecule has 0 aromatic rings. The van der Waals surface area contributed by atoms with Crippen LogP contribution in [0.1, 0.15) is 20.8 Å². The summed E-state index contributed by atoms with van der Waals surface area (Å²) in [5, 5.41) is 8.93. The Bertz CT molecular complexity index is 119. The summed E-state index contributed by atoms with van der Waals surface area (Å²) in [6.07, 6.45) is 0. The zero-order valence-corrected chi connectivity index (χ0v) is 9.29. The summed E-state index contributed by atoms with van der Waals surface area (Å²) in [5.41, 5.74) is 0. The average Bonchev–Trinajstić information content (AvgIpc) is 2.14. The SMILES string of the molecule is CCN(CC(C)CO)C(C)COC. The standard InChI is InChI=1S/C10H23NO2/c1-5-11(6-9(2)7-12)10(3)8-13-4/h9-10,12H,5-8H2,1-4H3. The molecule has 0 fully saturated rings. The molecule has 0 radical (unpaired) electrons. The van der Waals surface area contributed by atoms with E-state index in [2.05, 4.69) is 25.7 Å².